The summed E-state index contributed by atoms with van der Waals surface area (Å²) in [5, 5.41) is 0. The highest BCUT2D eigenvalue weighted by atomic mass is 31.2. The van der Waals surface area contributed by atoms with Crippen molar-refractivity contribution in [1.82, 2.24) is 0 Å². The van der Waals surface area contributed by atoms with Crippen molar-refractivity contribution in [2.45, 2.75) is 80.1 Å². The van der Waals surface area contributed by atoms with Crippen molar-refractivity contribution in [2.75, 3.05) is 19.4 Å². The molecule has 0 aliphatic rings. The van der Waals surface area contributed by atoms with Crippen LogP contribution in [-0.4, -0.2) is 19.4 Å². The van der Waals surface area contributed by atoms with E-state index in [0.717, 1.165) is 44.1 Å². The summed E-state index contributed by atoms with van der Waals surface area (Å²) in [6.45, 7) is 13.6. The molecule has 0 atom stereocenters. The van der Waals surface area contributed by atoms with Crippen molar-refractivity contribution >= 4 is 7.60 Å². The van der Waals surface area contributed by atoms with E-state index < -0.39 is 7.60 Å². The molecular weight excluding hydrogens is 355 g/mol. The van der Waals surface area contributed by atoms with Gasteiger partial charge >= 0.3 is 7.60 Å². The van der Waals surface area contributed by atoms with Gasteiger partial charge in [0.25, 0.3) is 0 Å². The zero-order chi connectivity index (χ0) is 20.5. The number of hydrogen-bond donors (Lipinski definition) is 0. The van der Waals surface area contributed by atoms with Gasteiger partial charge < -0.3 is 9.05 Å². The van der Waals surface area contributed by atoms with Crippen LogP contribution in [0, 0.1) is 0 Å². The van der Waals surface area contributed by atoms with Crippen LogP contribution < -0.4 is 0 Å². The molecule has 0 amide bonds. The second-order valence-corrected chi connectivity index (χ2v) is 9.41. The fraction of sp³-hybridized carbons (Fsp3) is 0.652. The van der Waals surface area contributed by atoms with Gasteiger partial charge in [-0.05, 0) is 53.4 Å². The molecule has 4 heteroatoms. The second-order valence-electron chi connectivity index (χ2n) is 7.31. The predicted molar refractivity (Wildman–Crippen MR) is 120 cm³/mol. The molecule has 0 aromatic carbocycles. The maximum atomic E-state index is 12.9. The third-order valence-electron chi connectivity index (χ3n) is 4.04. The Labute approximate surface area is 168 Å². The third kappa shape index (κ3) is 15.8. The molecule has 0 N–H and O–H groups in total. The largest absolute Gasteiger partial charge is 0.334 e. The molecule has 0 aliphatic carbocycles. The zero-order valence-corrected chi connectivity index (χ0v) is 19.3. The van der Waals surface area contributed by atoms with E-state index in [-0.39, 0.29) is 0 Å². The molecule has 0 saturated carbocycles. The Morgan fingerprint density at radius 1 is 0.926 bits per heavy atom. The molecule has 0 saturated heterocycles. The van der Waals surface area contributed by atoms with E-state index in [1.807, 2.05) is 19.1 Å². The molecule has 156 valence electrons. The van der Waals surface area contributed by atoms with Crippen LogP contribution in [0.25, 0.3) is 0 Å². The van der Waals surface area contributed by atoms with E-state index >= 15 is 0 Å². The summed E-state index contributed by atoms with van der Waals surface area (Å²) in [5.74, 6) is 0. The van der Waals surface area contributed by atoms with Crippen LogP contribution in [0.4, 0.5) is 0 Å². The third-order valence-corrected chi connectivity index (χ3v) is 5.82. The second kappa shape index (κ2) is 16.1. The monoisotopic (exact) mass is 396 g/mol. The zero-order valence-electron chi connectivity index (χ0n) is 18.4. The molecule has 0 aliphatic heterocycles. The van der Waals surface area contributed by atoms with Crippen molar-refractivity contribution < 1.29 is 13.6 Å². The standard InChI is InChI=1S/C23H41O3P/c1-7-9-18-25-27(24,26-19-10-8-2)20-17-23(6)16-12-15-22(5)14-11-13-21(3)4/h12-13,15-17H,7-11,14,18-20H2,1-6H3/b16-12+,22-15+,23-17+. The highest BCUT2D eigenvalue weighted by Crippen LogP contribution is 2.48. The van der Waals surface area contributed by atoms with Crippen molar-refractivity contribution in [3.8, 4) is 0 Å². The highest BCUT2D eigenvalue weighted by Gasteiger charge is 2.22. The quantitative estimate of drug-likeness (QED) is 0.122. The van der Waals surface area contributed by atoms with E-state index in [9.17, 15) is 4.57 Å². The van der Waals surface area contributed by atoms with E-state index in [1.165, 1.54) is 11.1 Å². The fourth-order valence-electron chi connectivity index (χ4n) is 2.20. The average Bonchev–Trinajstić information content (AvgIpc) is 2.60. The van der Waals surface area contributed by atoms with Gasteiger partial charge in [-0.2, -0.15) is 0 Å². The fourth-order valence-corrected chi connectivity index (χ4v) is 3.81. The molecule has 27 heavy (non-hydrogen) atoms. The maximum absolute atomic E-state index is 12.9. The van der Waals surface area contributed by atoms with Gasteiger partial charge in [0.1, 0.15) is 0 Å². The van der Waals surface area contributed by atoms with Crippen LogP contribution in [-0.2, 0) is 13.6 Å². The molecule has 0 bridgehead atoms. The molecule has 0 aromatic heterocycles. The highest BCUT2D eigenvalue weighted by molar-refractivity contribution is 7.54. The van der Waals surface area contributed by atoms with Crippen LogP contribution in [0.5, 0.6) is 0 Å². The smallest absolute Gasteiger partial charge is 0.308 e. The minimum atomic E-state index is -3.04. The lowest BCUT2D eigenvalue weighted by molar-refractivity contribution is 0.202. The van der Waals surface area contributed by atoms with E-state index in [1.54, 1.807) is 0 Å². The first-order valence-electron chi connectivity index (χ1n) is 10.3. The predicted octanol–water partition coefficient (Wildman–Crippen LogP) is 8.01. The lowest BCUT2D eigenvalue weighted by atomic mass is 10.1. The molecule has 0 radical (unpaired) electrons. The van der Waals surface area contributed by atoms with E-state index in [4.69, 9.17) is 9.05 Å². The molecule has 0 aromatic rings. The molecule has 0 fully saturated rings. The van der Waals surface area contributed by atoms with Crippen LogP contribution in [0.1, 0.15) is 80.1 Å². The van der Waals surface area contributed by atoms with Crippen molar-refractivity contribution in [3.63, 3.8) is 0 Å². The summed E-state index contributed by atoms with van der Waals surface area (Å²) < 4.78 is 24.1. The van der Waals surface area contributed by atoms with Gasteiger partial charge in [-0.15, -0.1) is 0 Å². The molecule has 0 heterocycles. The average molecular weight is 397 g/mol. The van der Waals surface area contributed by atoms with Crippen molar-refractivity contribution in [1.29, 1.82) is 0 Å². The summed E-state index contributed by atoms with van der Waals surface area (Å²) in [6, 6.07) is 0. The molecule has 0 rings (SSSR count). The summed E-state index contributed by atoms with van der Waals surface area (Å²) in [4.78, 5) is 0. The SMILES string of the molecule is CCCCOP(=O)(C/C=C(C)/C=C/C=C(\C)CCC=C(C)C)OCCCC. The van der Waals surface area contributed by atoms with Gasteiger partial charge in [0.2, 0.25) is 0 Å². The lowest BCUT2D eigenvalue weighted by Crippen LogP contribution is -2.02. The van der Waals surface area contributed by atoms with Gasteiger partial charge in [-0.3, -0.25) is 4.57 Å². The first kappa shape index (κ1) is 26.1. The molecule has 0 unspecified atom stereocenters. The Morgan fingerprint density at radius 2 is 1.52 bits per heavy atom. The van der Waals surface area contributed by atoms with Crippen molar-refractivity contribution in [3.05, 3.63) is 47.1 Å². The van der Waals surface area contributed by atoms with E-state index in [2.05, 4.69) is 52.8 Å². The van der Waals surface area contributed by atoms with Gasteiger partial charge in [0.15, 0.2) is 0 Å². The van der Waals surface area contributed by atoms with Gasteiger partial charge in [-0.1, -0.05) is 73.8 Å². The first-order chi connectivity index (χ1) is 12.8. The van der Waals surface area contributed by atoms with Crippen LogP contribution in [0.2, 0.25) is 0 Å². The van der Waals surface area contributed by atoms with E-state index in [0.29, 0.717) is 19.4 Å². The minimum absolute atomic E-state index is 0.333. The van der Waals surface area contributed by atoms with Gasteiger partial charge in [-0.25, -0.2) is 0 Å². The number of hydrogen-bond acceptors (Lipinski definition) is 3. The van der Waals surface area contributed by atoms with Crippen molar-refractivity contribution in [2.24, 2.45) is 0 Å². The Kier molecular flexibility index (Phi) is 15.6. The molecule has 3 nitrogen and oxygen atoms in total. The Balaban J connectivity index is 4.67. The summed E-state index contributed by atoms with van der Waals surface area (Å²) in [5.41, 5.74) is 3.79. The summed E-state index contributed by atoms with van der Waals surface area (Å²) >= 11 is 0. The molecular formula is C23H41O3P. The summed E-state index contributed by atoms with van der Waals surface area (Å²) in [7, 11) is -3.04. The normalized spacial score (nSPS) is 13.4. The number of allylic oxidation sites excluding steroid dienone is 8. The van der Waals surface area contributed by atoms with Gasteiger partial charge in [0.05, 0.1) is 19.4 Å². The molecule has 0 spiro atoms. The maximum Gasteiger partial charge on any atom is 0.334 e. The Bertz CT molecular complexity index is 538. The number of unbranched alkanes of at least 4 members (excludes halogenated alkanes) is 2. The first-order valence-corrected chi connectivity index (χ1v) is 12.1. The number of rotatable bonds is 15. The summed E-state index contributed by atoms with van der Waals surface area (Å²) in [6.07, 6.45) is 16.8. The van der Waals surface area contributed by atoms with Crippen LogP contribution in [0.3, 0.4) is 0 Å². The van der Waals surface area contributed by atoms with Crippen LogP contribution in [0.15, 0.2) is 47.1 Å². The Morgan fingerprint density at radius 3 is 2.04 bits per heavy atom. The topological polar surface area (TPSA) is 35.5 Å². The minimum Gasteiger partial charge on any atom is -0.308 e. The van der Waals surface area contributed by atoms with Crippen LogP contribution >= 0.6 is 7.60 Å². The Hall–Kier alpha value is -0.890. The van der Waals surface area contributed by atoms with Gasteiger partial charge in [0, 0.05) is 0 Å². The lowest BCUT2D eigenvalue weighted by Gasteiger charge is -2.17.